The van der Waals surface area contributed by atoms with Gasteiger partial charge < -0.3 is 23.5 Å². The molecule has 0 aliphatic rings. The Morgan fingerprint density at radius 3 is 1.59 bits per heavy atom. The molecule has 0 rings (SSSR count). The first-order valence-electron chi connectivity index (χ1n) is 14.1. The first-order chi connectivity index (χ1) is 16.2. The van der Waals surface area contributed by atoms with Gasteiger partial charge in [-0.05, 0) is 6.42 Å². The maximum absolute atomic E-state index is 12.2. The van der Waals surface area contributed by atoms with Crippen molar-refractivity contribution in [1.29, 1.82) is 0 Å². The molecule has 0 amide bonds. The average molecular weight is 525 g/mol. The van der Waals surface area contributed by atoms with Crippen molar-refractivity contribution in [2.45, 2.75) is 116 Å². The molecule has 0 aromatic rings. The number of unbranched alkanes of at least 4 members (excludes halogenated alkanes) is 15. The van der Waals surface area contributed by atoms with Crippen LogP contribution in [0.25, 0.3) is 0 Å². The van der Waals surface area contributed by atoms with Crippen molar-refractivity contribution < 1.29 is 23.5 Å². The van der Waals surface area contributed by atoms with E-state index in [2.05, 4.69) is 26.9 Å². The minimum atomic E-state index is -3.88. The van der Waals surface area contributed by atoms with E-state index in [-0.39, 0.29) is 12.8 Å². The molecule has 34 heavy (non-hydrogen) atoms. The molecule has 0 heterocycles. The van der Waals surface area contributed by atoms with Crippen LogP contribution in [0.1, 0.15) is 110 Å². The highest BCUT2D eigenvalue weighted by Crippen LogP contribution is 2.47. The number of ether oxygens (including phenoxy) is 2. The topological polar surface area (TPSA) is 67.8 Å². The number of methoxy groups -OCH3 is 1. The largest absolute Gasteiger partial charge is 0.778 e. The third-order valence-corrected chi connectivity index (χ3v) is 9.21. The molecule has 0 saturated heterocycles. The lowest BCUT2D eigenvalue weighted by molar-refractivity contribution is -0.200. The van der Waals surface area contributed by atoms with Crippen LogP contribution < -0.4 is 4.89 Å². The minimum Gasteiger partial charge on any atom is -0.778 e. The van der Waals surface area contributed by atoms with Crippen LogP contribution in [0.15, 0.2) is 0 Å². The van der Waals surface area contributed by atoms with Gasteiger partial charge in [0.25, 0.3) is 0 Å². The van der Waals surface area contributed by atoms with E-state index in [1.54, 1.807) is 0 Å². The lowest BCUT2D eigenvalue weighted by atomic mass is 10.0. The fourth-order valence-electron chi connectivity index (χ4n) is 3.92. The number of hydrogen-bond acceptors (Lipinski definition) is 5. The normalized spacial score (nSPS) is 14.9. The molecule has 5 nitrogen and oxygen atoms in total. The van der Waals surface area contributed by atoms with Crippen LogP contribution in [0.2, 0.25) is 0 Å². The number of hydrogen-bond donors (Lipinski definition) is 0. The van der Waals surface area contributed by atoms with E-state index in [1.807, 2.05) is 0 Å². The van der Waals surface area contributed by atoms with Crippen molar-refractivity contribution in [1.82, 2.24) is 0 Å². The molecule has 2 unspecified atom stereocenters. The molecule has 0 aliphatic carbocycles. The second-order valence-corrected chi connectivity index (χ2v) is 17.7. The summed E-state index contributed by atoms with van der Waals surface area (Å²) >= 11 is 0. The Balaban J connectivity index is 3.49. The SMILES string of the molecule is CCCCCCCCCCCCCCCCCCOCC(CP(=O)([O-])OCC[P+](C)(C)C)OC. The van der Waals surface area contributed by atoms with Crippen molar-refractivity contribution in [2.24, 2.45) is 0 Å². The number of rotatable bonds is 26. The first-order valence-corrected chi connectivity index (χ1v) is 19.1. The van der Waals surface area contributed by atoms with Gasteiger partial charge in [0.05, 0.1) is 25.5 Å². The van der Waals surface area contributed by atoms with Gasteiger partial charge in [0.2, 0.25) is 0 Å². The summed E-state index contributed by atoms with van der Waals surface area (Å²) in [5.74, 6) is 0. The van der Waals surface area contributed by atoms with Crippen LogP contribution in [0.3, 0.4) is 0 Å². The Morgan fingerprint density at radius 1 is 0.735 bits per heavy atom. The summed E-state index contributed by atoms with van der Waals surface area (Å²) in [6.07, 6.45) is 21.8. The molecule has 2 atom stereocenters. The predicted octanol–water partition coefficient (Wildman–Crippen LogP) is 7.76. The van der Waals surface area contributed by atoms with Crippen LogP contribution in [0.4, 0.5) is 0 Å². The fraction of sp³-hybridized carbons (Fsp3) is 1.00. The molecule has 0 radical (unpaired) electrons. The Labute approximate surface area is 213 Å². The van der Waals surface area contributed by atoms with Gasteiger partial charge in [-0.25, -0.2) is 0 Å². The fourth-order valence-corrected chi connectivity index (χ4v) is 5.93. The molecule has 0 aliphatic heterocycles. The third kappa shape index (κ3) is 25.6. The summed E-state index contributed by atoms with van der Waals surface area (Å²) in [6.45, 7) is 10.0. The second kappa shape index (κ2) is 22.7. The maximum atomic E-state index is 12.2. The van der Waals surface area contributed by atoms with E-state index in [4.69, 9.17) is 14.0 Å². The van der Waals surface area contributed by atoms with E-state index < -0.39 is 21.0 Å². The zero-order valence-corrected chi connectivity index (χ0v) is 25.2. The Kier molecular flexibility index (Phi) is 23.0. The third-order valence-electron chi connectivity index (χ3n) is 6.26. The Morgan fingerprint density at radius 2 is 1.18 bits per heavy atom. The second-order valence-electron chi connectivity index (χ2n) is 10.9. The van der Waals surface area contributed by atoms with Gasteiger partial charge in [-0.2, -0.15) is 0 Å². The lowest BCUT2D eigenvalue weighted by Gasteiger charge is -2.27. The standard InChI is InChI=1S/C27H58O5P2/c1-6-7-8-9-10-11-12-13-14-15-16-17-18-19-20-21-22-31-25-27(30-2)26-34(28,29)32-23-24-33(3,4)5/h27H,6-26H2,1-5H3. The molecular weight excluding hydrogens is 466 g/mol. The van der Waals surface area contributed by atoms with Crippen LogP contribution in [0.5, 0.6) is 0 Å². The summed E-state index contributed by atoms with van der Waals surface area (Å²) in [5.41, 5.74) is 0. The summed E-state index contributed by atoms with van der Waals surface area (Å²) in [5, 5.41) is 0. The van der Waals surface area contributed by atoms with Gasteiger partial charge in [0, 0.05) is 47.1 Å². The van der Waals surface area contributed by atoms with Crippen molar-refractivity contribution in [2.75, 3.05) is 59.2 Å². The van der Waals surface area contributed by atoms with Crippen molar-refractivity contribution >= 4 is 14.9 Å². The molecule has 0 spiro atoms. The highest BCUT2D eigenvalue weighted by atomic mass is 31.2. The Hall–Kier alpha value is 0.500. The van der Waals surface area contributed by atoms with E-state index in [0.717, 1.165) is 12.6 Å². The molecular formula is C27H58O5P2. The van der Waals surface area contributed by atoms with Gasteiger partial charge >= 0.3 is 0 Å². The molecule has 206 valence electrons. The van der Waals surface area contributed by atoms with E-state index in [9.17, 15) is 9.46 Å². The van der Waals surface area contributed by atoms with Gasteiger partial charge in [0.15, 0.2) is 0 Å². The van der Waals surface area contributed by atoms with Crippen LogP contribution in [0, 0.1) is 0 Å². The van der Waals surface area contributed by atoms with Crippen molar-refractivity contribution in [3.05, 3.63) is 0 Å². The Bertz CT molecular complexity index is 482. The zero-order chi connectivity index (χ0) is 25.5. The van der Waals surface area contributed by atoms with E-state index in [1.165, 1.54) is 103 Å². The van der Waals surface area contributed by atoms with Gasteiger partial charge in [0.1, 0.15) is 7.60 Å². The molecule has 0 saturated carbocycles. The van der Waals surface area contributed by atoms with Crippen LogP contribution in [-0.2, 0) is 18.6 Å². The monoisotopic (exact) mass is 524 g/mol. The quantitative estimate of drug-likeness (QED) is 0.0854. The summed E-state index contributed by atoms with van der Waals surface area (Å²) in [7, 11) is -3.38. The van der Waals surface area contributed by atoms with E-state index in [0.29, 0.717) is 13.2 Å². The predicted molar refractivity (Wildman–Crippen MR) is 149 cm³/mol. The molecule has 7 heteroatoms. The summed E-state index contributed by atoms with van der Waals surface area (Å²) in [4.78, 5) is 12.2. The zero-order valence-electron chi connectivity index (χ0n) is 23.4. The van der Waals surface area contributed by atoms with Crippen LogP contribution in [-0.4, -0.2) is 65.4 Å². The van der Waals surface area contributed by atoms with Gasteiger partial charge in [-0.3, -0.25) is 0 Å². The van der Waals surface area contributed by atoms with Crippen LogP contribution >= 0.6 is 14.9 Å². The smallest absolute Gasteiger partial charge is 0.137 e. The average Bonchev–Trinajstić information content (AvgIpc) is 2.76. The lowest BCUT2D eigenvalue weighted by Crippen LogP contribution is -2.27. The van der Waals surface area contributed by atoms with Crippen molar-refractivity contribution in [3.63, 3.8) is 0 Å². The first kappa shape index (κ1) is 34.5. The molecule has 0 fully saturated rings. The van der Waals surface area contributed by atoms with Crippen molar-refractivity contribution in [3.8, 4) is 0 Å². The molecule has 0 aromatic heterocycles. The summed E-state index contributed by atoms with van der Waals surface area (Å²) < 4.78 is 28.3. The highest BCUT2D eigenvalue weighted by Gasteiger charge is 2.21. The molecule has 0 N–H and O–H groups in total. The molecule has 0 bridgehead atoms. The van der Waals surface area contributed by atoms with E-state index >= 15 is 0 Å². The van der Waals surface area contributed by atoms with Gasteiger partial charge in [-0.15, -0.1) is 0 Å². The minimum absolute atomic E-state index is 0.120. The summed E-state index contributed by atoms with van der Waals surface area (Å²) in [6, 6.07) is 0. The maximum Gasteiger partial charge on any atom is 0.137 e. The highest BCUT2D eigenvalue weighted by molar-refractivity contribution is 7.73. The molecule has 0 aromatic carbocycles. The van der Waals surface area contributed by atoms with Gasteiger partial charge in [-0.1, -0.05) is 103 Å².